The van der Waals surface area contributed by atoms with E-state index in [1.165, 1.54) is 12.8 Å². The van der Waals surface area contributed by atoms with Gasteiger partial charge in [-0.25, -0.2) is 0 Å². The summed E-state index contributed by atoms with van der Waals surface area (Å²) >= 11 is 0. The predicted molar refractivity (Wildman–Crippen MR) is 78.8 cm³/mol. The summed E-state index contributed by atoms with van der Waals surface area (Å²) in [6, 6.07) is 0. The fourth-order valence-electron chi connectivity index (χ4n) is 1.79. The molecule has 0 aromatic rings. The Hall–Kier alpha value is -1.32. The molecule has 2 N–H and O–H groups in total. The third-order valence-corrected chi connectivity index (χ3v) is 3.15. The lowest BCUT2D eigenvalue weighted by Crippen LogP contribution is -2.31. The van der Waals surface area contributed by atoms with E-state index in [9.17, 15) is 9.59 Å². The highest BCUT2D eigenvalue weighted by Crippen LogP contribution is 2.11. The smallest absolute Gasteiger partial charge is 0.220 e. The van der Waals surface area contributed by atoms with Gasteiger partial charge in [0.25, 0.3) is 0 Å². The number of carbonyl (C=O) groups is 2. The minimum absolute atomic E-state index is 0.0382. The zero-order valence-electron chi connectivity index (χ0n) is 12.3. The fourth-order valence-corrected chi connectivity index (χ4v) is 1.79. The quantitative estimate of drug-likeness (QED) is 0.565. The Morgan fingerprint density at radius 1 is 1.16 bits per heavy atom. The number of amides is 2. The summed E-state index contributed by atoms with van der Waals surface area (Å²) in [4.78, 5) is 22.9. The SMILES string of the molecule is C=CCNC(=O)CCC(=O)NC[C@H](CC)CCCC. The van der Waals surface area contributed by atoms with Crippen molar-refractivity contribution in [2.45, 2.75) is 52.4 Å². The van der Waals surface area contributed by atoms with Gasteiger partial charge in [-0.3, -0.25) is 9.59 Å². The summed E-state index contributed by atoms with van der Waals surface area (Å²) in [7, 11) is 0. The van der Waals surface area contributed by atoms with Crippen LogP contribution in [0.5, 0.6) is 0 Å². The number of carbonyl (C=O) groups excluding carboxylic acids is 2. The van der Waals surface area contributed by atoms with Crippen LogP contribution in [-0.2, 0) is 9.59 Å². The maximum Gasteiger partial charge on any atom is 0.220 e. The number of nitrogens with one attached hydrogen (secondary N) is 2. The monoisotopic (exact) mass is 268 g/mol. The topological polar surface area (TPSA) is 58.2 Å². The van der Waals surface area contributed by atoms with E-state index in [0.717, 1.165) is 19.4 Å². The predicted octanol–water partition coefficient (Wildman–Crippen LogP) is 2.40. The van der Waals surface area contributed by atoms with Gasteiger partial charge in [-0.1, -0.05) is 39.2 Å². The Balaban J connectivity index is 3.72. The van der Waals surface area contributed by atoms with Gasteiger partial charge in [0.05, 0.1) is 0 Å². The maximum atomic E-state index is 11.6. The third-order valence-electron chi connectivity index (χ3n) is 3.15. The van der Waals surface area contributed by atoms with Crippen molar-refractivity contribution in [3.05, 3.63) is 12.7 Å². The van der Waals surface area contributed by atoms with Crippen LogP contribution in [0.3, 0.4) is 0 Å². The second kappa shape index (κ2) is 11.8. The molecular weight excluding hydrogens is 240 g/mol. The van der Waals surface area contributed by atoms with Gasteiger partial charge in [-0.2, -0.15) is 0 Å². The van der Waals surface area contributed by atoms with E-state index in [-0.39, 0.29) is 24.7 Å². The first kappa shape index (κ1) is 17.7. The van der Waals surface area contributed by atoms with Crippen molar-refractivity contribution < 1.29 is 9.59 Å². The molecular formula is C15H28N2O2. The lowest BCUT2D eigenvalue weighted by Gasteiger charge is -2.15. The van der Waals surface area contributed by atoms with Crippen molar-refractivity contribution in [3.8, 4) is 0 Å². The van der Waals surface area contributed by atoms with E-state index >= 15 is 0 Å². The molecule has 0 aliphatic carbocycles. The number of hydrogen-bond acceptors (Lipinski definition) is 2. The number of hydrogen-bond donors (Lipinski definition) is 2. The van der Waals surface area contributed by atoms with E-state index in [2.05, 4.69) is 31.1 Å². The summed E-state index contributed by atoms with van der Waals surface area (Å²) in [6.45, 7) is 9.02. The van der Waals surface area contributed by atoms with Gasteiger partial charge in [0.1, 0.15) is 0 Å². The summed E-state index contributed by atoms with van der Waals surface area (Å²) in [5.41, 5.74) is 0. The number of unbranched alkanes of at least 4 members (excludes halogenated alkanes) is 1. The van der Waals surface area contributed by atoms with Gasteiger partial charge < -0.3 is 10.6 Å². The van der Waals surface area contributed by atoms with Crippen LogP contribution in [0, 0.1) is 5.92 Å². The molecule has 0 aromatic carbocycles. The first-order valence-electron chi connectivity index (χ1n) is 7.28. The molecule has 0 saturated carbocycles. The molecule has 0 fully saturated rings. The molecule has 19 heavy (non-hydrogen) atoms. The van der Waals surface area contributed by atoms with Crippen LogP contribution >= 0.6 is 0 Å². The second-order valence-electron chi connectivity index (χ2n) is 4.81. The number of rotatable bonds is 11. The molecule has 0 unspecified atom stereocenters. The summed E-state index contributed by atoms with van der Waals surface area (Å²) in [5.74, 6) is 0.412. The summed E-state index contributed by atoms with van der Waals surface area (Å²) in [6.07, 6.45) is 6.76. The van der Waals surface area contributed by atoms with Crippen molar-refractivity contribution >= 4 is 11.8 Å². The van der Waals surface area contributed by atoms with E-state index < -0.39 is 0 Å². The van der Waals surface area contributed by atoms with Crippen LogP contribution in [0.4, 0.5) is 0 Å². The molecule has 0 heterocycles. The van der Waals surface area contributed by atoms with E-state index in [4.69, 9.17) is 0 Å². The van der Waals surface area contributed by atoms with Crippen LogP contribution in [0.15, 0.2) is 12.7 Å². The van der Waals surface area contributed by atoms with Crippen LogP contribution in [0.25, 0.3) is 0 Å². The van der Waals surface area contributed by atoms with Crippen molar-refractivity contribution in [1.29, 1.82) is 0 Å². The Labute approximate surface area is 117 Å². The largest absolute Gasteiger partial charge is 0.356 e. The summed E-state index contributed by atoms with van der Waals surface area (Å²) < 4.78 is 0. The first-order chi connectivity index (χ1) is 9.13. The molecule has 110 valence electrons. The highest BCUT2D eigenvalue weighted by atomic mass is 16.2. The third kappa shape index (κ3) is 10.3. The molecule has 2 amide bonds. The van der Waals surface area contributed by atoms with Gasteiger partial charge in [0.2, 0.25) is 11.8 Å². The molecule has 0 radical (unpaired) electrons. The minimum atomic E-state index is -0.104. The normalized spacial score (nSPS) is 11.7. The highest BCUT2D eigenvalue weighted by Gasteiger charge is 2.09. The molecule has 0 bridgehead atoms. The lowest BCUT2D eigenvalue weighted by molar-refractivity contribution is -0.126. The lowest BCUT2D eigenvalue weighted by atomic mass is 9.99. The Morgan fingerprint density at radius 2 is 1.79 bits per heavy atom. The van der Waals surface area contributed by atoms with Gasteiger partial charge in [0, 0.05) is 25.9 Å². The zero-order chi connectivity index (χ0) is 14.5. The van der Waals surface area contributed by atoms with Crippen LogP contribution in [-0.4, -0.2) is 24.9 Å². The van der Waals surface area contributed by atoms with Crippen LogP contribution in [0.2, 0.25) is 0 Å². The van der Waals surface area contributed by atoms with Crippen molar-refractivity contribution in [2.24, 2.45) is 5.92 Å². The molecule has 0 rings (SSSR count). The second-order valence-corrected chi connectivity index (χ2v) is 4.81. The van der Waals surface area contributed by atoms with E-state index in [1.54, 1.807) is 6.08 Å². The Morgan fingerprint density at radius 3 is 2.32 bits per heavy atom. The van der Waals surface area contributed by atoms with Gasteiger partial charge in [-0.05, 0) is 12.3 Å². The molecule has 0 saturated heterocycles. The highest BCUT2D eigenvalue weighted by molar-refractivity contribution is 5.83. The molecule has 4 nitrogen and oxygen atoms in total. The molecule has 0 aromatic heterocycles. The average molecular weight is 268 g/mol. The standard InChI is InChI=1S/C15H28N2O2/c1-4-7-8-13(6-3)12-17-15(19)10-9-14(18)16-11-5-2/h5,13H,2,4,6-12H2,1,3H3,(H,16,18)(H,17,19)/t13-/m1/s1. The first-order valence-corrected chi connectivity index (χ1v) is 7.28. The Kier molecular flexibility index (Phi) is 10.9. The van der Waals surface area contributed by atoms with Crippen LogP contribution < -0.4 is 10.6 Å². The molecule has 0 aliphatic heterocycles. The molecule has 1 atom stereocenters. The molecule has 4 heteroatoms. The van der Waals surface area contributed by atoms with Crippen LogP contribution in [0.1, 0.15) is 52.4 Å². The van der Waals surface area contributed by atoms with Gasteiger partial charge >= 0.3 is 0 Å². The van der Waals surface area contributed by atoms with Crippen molar-refractivity contribution in [3.63, 3.8) is 0 Å². The molecule has 0 aliphatic rings. The molecule has 0 spiro atoms. The van der Waals surface area contributed by atoms with E-state index in [0.29, 0.717) is 12.5 Å². The van der Waals surface area contributed by atoms with Crippen molar-refractivity contribution in [1.82, 2.24) is 10.6 Å². The average Bonchev–Trinajstić information content (AvgIpc) is 2.43. The zero-order valence-corrected chi connectivity index (χ0v) is 12.3. The van der Waals surface area contributed by atoms with E-state index in [1.807, 2.05) is 0 Å². The Bertz CT molecular complexity index is 277. The van der Waals surface area contributed by atoms with Gasteiger partial charge in [0.15, 0.2) is 0 Å². The van der Waals surface area contributed by atoms with Crippen molar-refractivity contribution in [2.75, 3.05) is 13.1 Å². The fraction of sp³-hybridized carbons (Fsp3) is 0.733. The van der Waals surface area contributed by atoms with Gasteiger partial charge in [-0.15, -0.1) is 6.58 Å². The maximum absolute atomic E-state index is 11.6. The minimum Gasteiger partial charge on any atom is -0.356 e. The summed E-state index contributed by atoms with van der Waals surface area (Å²) in [5, 5.41) is 5.57.